The highest BCUT2D eigenvalue weighted by Crippen LogP contribution is 2.53. The number of hydrogen-bond donors (Lipinski definition) is 4. The fraction of sp³-hybridized carbons (Fsp3) is 0.0968. The van der Waals surface area contributed by atoms with E-state index in [1.807, 2.05) is 128 Å². The van der Waals surface area contributed by atoms with E-state index < -0.39 is 0 Å². The summed E-state index contributed by atoms with van der Waals surface area (Å²) in [7, 11) is 1.91. The minimum Gasteiger partial charge on any atom is -0.399 e. The Kier molecular flexibility index (Phi) is 13.9. The molecule has 0 aliphatic heterocycles. The first-order chi connectivity index (χ1) is 32.2. The van der Waals surface area contributed by atoms with Crippen LogP contribution in [0, 0.1) is 6.92 Å². The van der Waals surface area contributed by atoms with Gasteiger partial charge in [-0.2, -0.15) is 0 Å². The first kappa shape index (κ1) is 44.5. The van der Waals surface area contributed by atoms with Crippen molar-refractivity contribution in [2.24, 2.45) is 0 Å². The van der Waals surface area contributed by atoms with Gasteiger partial charge in [-0.05, 0) is 133 Å². The highest BCUT2D eigenvalue weighted by Gasteiger charge is 2.36. The molecule has 0 unspecified atom stereocenters. The molecule has 0 atom stereocenters. The third-order valence-electron chi connectivity index (χ3n) is 12.2. The summed E-state index contributed by atoms with van der Waals surface area (Å²) in [6.45, 7) is 7.61. The van der Waals surface area contributed by atoms with Gasteiger partial charge in [0.2, 0.25) is 0 Å². The third kappa shape index (κ3) is 9.99. The molecule has 1 aliphatic rings. The second-order valence-electron chi connectivity index (χ2n) is 17.1. The SMILES string of the molecule is CNc1ccccc1.Cc1cccc(-c2c3ccccc3c(-c3cccc(CNc4ccccc4N)c3)c3cc4c(cc23)-c2ccccc2C4(C)C)c1.Nc1ccccc1.c1ccccc1. The highest BCUT2D eigenvalue weighted by atomic mass is 14.9. The number of anilines is 4. The van der Waals surface area contributed by atoms with Crippen molar-refractivity contribution in [1.29, 1.82) is 0 Å². The molecule has 4 nitrogen and oxygen atoms in total. The highest BCUT2D eigenvalue weighted by molar-refractivity contribution is 6.22. The van der Waals surface area contributed by atoms with Crippen molar-refractivity contribution in [2.75, 3.05) is 29.1 Å². The Labute approximate surface area is 390 Å². The monoisotopic (exact) mass is 858 g/mol. The molecule has 6 N–H and O–H groups in total. The number of rotatable bonds is 6. The maximum atomic E-state index is 6.24. The largest absolute Gasteiger partial charge is 0.399 e. The predicted molar refractivity (Wildman–Crippen MR) is 286 cm³/mol. The molecule has 0 amide bonds. The van der Waals surface area contributed by atoms with E-state index in [0.29, 0.717) is 6.54 Å². The van der Waals surface area contributed by atoms with E-state index >= 15 is 0 Å². The van der Waals surface area contributed by atoms with Crippen LogP contribution in [-0.2, 0) is 12.0 Å². The molecule has 4 heteroatoms. The number of fused-ring (bicyclic) bond motifs is 5. The first-order valence-corrected chi connectivity index (χ1v) is 22.6. The topological polar surface area (TPSA) is 76.1 Å². The van der Waals surface area contributed by atoms with Crippen LogP contribution in [0.2, 0.25) is 0 Å². The van der Waals surface area contributed by atoms with Crippen molar-refractivity contribution >= 4 is 44.3 Å². The Morgan fingerprint density at radius 3 is 1.56 bits per heavy atom. The maximum absolute atomic E-state index is 6.24. The van der Waals surface area contributed by atoms with E-state index in [1.54, 1.807) is 0 Å². The summed E-state index contributed by atoms with van der Waals surface area (Å²) in [6, 6.07) is 80.3. The summed E-state index contributed by atoms with van der Waals surface area (Å²) in [6.07, 6.45) is 0. The molecule has 66 heavy (non-hydrogen) atoms. The zero-order valence-corrected chi connectivity index (χ0v) is 38.3. The van der Waals surface area contributed by atoms with E-state index in [9.17, 15) is 0 Å². The Morgan fingerprint density at radius 2 is 0.970 bits per heavy atom. The first-order valence-electron chi connectivity index (χ1n) is 22.6. The quantitative estimate of drug-likeness (QED) is 0.0992. The van der Waals surface area contributed by atoms with Gasteiger partial charge in [-0.3, -0.25) is 0 Å². The number of para-hydroxylation sites is 4. The minimum absolute atomic E-state index is 0.0894. The van der Waals surface area contributed by atoms with Gasteiger partial charge in [0.05, 0.1) is 11.4 Å². The van der Waals surface area contributed by atoms with Gasteiger partial charge in [0.15, 0.2) is 0 Å². The Hall–Kier alpha value is -8.08. The van der Waals surface area contributed by atoms with Crippen LogP contribution in [0.5, 0.6) is 0 Å². The molecule has 11 rings (SSSR count). The predicted octanol–water partition coefficient (Wildman–Crippen LogP) is 15.8. The Morgan fingerprint density at radius 1 is 0.439 bits per heavy atom. The van der Waals surface area contributed by atoms with Crippen LogP contribution in [0.4, 0.5) is 22.7 Å². The Balaban J connectivity index is 0.000000230. The zero-order chi connectivity index (χ0) is 45.9. The van der Waals surface area contributed by atoms with Gasteiger partial charge in [0.25, 0.3) is 0 Å². The van der Waals surface area contributed by atoms with Crippen LogP contribution in [-0.4, -0.2) is 7.05 Å². The number of benzene rings is 10. The van der Waals surface area contributed by atoms with E-state index in [2.05, 4.69) is 141 Å². The molecule has 10 aromatic rings. The van der Waals surface area contributed by atoms with Crippen molar-refractivity contribution in [3.63, 3.8) is 0 Å². The van der Waals surface area contributed by atoms with Crippen molar-refractivity contribution in [3.8, 4) is 33.4 Å². The minimum atomic E-state index is -0.0894. The van der Waals surface area contributed by atoms with Gasteiger partial charge < -0.3 is 22.1 Å². The second kappa shape index (κ2) is 20.6. The van der Waals surface area contributed by atoms with E-state index in [-0.39, 0.29) is 5.41 Å². The number of aryl methyl sites for hydroxylation is 1. The number of nitrogens with two attached hydrogens (primary N) is 2. The van der Waals surface area contributed by atoms with Gasteiger partial charge in [-0.25, -0.2) is 0 Å². The van der Waals surface area contributed by atoms with Crippen molar-refractivity contribution in [1.82, 2.24) is 0 Å². The standard InChI is InChI=1S/C43H36N2.C7H9N.C6H7N.C6H6/c1-27-12-10-14-29(22-27)41-32-17-4-5-18-33(32)42(30-15-11-13-28(23-30)26-45-40-21-9-8-20-39(40)44)36-25-38-34(24-35(36)41)31-16-6-7-19-37(31)43(38,2)3;1-8-7-5-3-2-4-6-7;7-6-4-2-1-3-5-6;1-2-4-6-5-3-1/h4-25,45H,26,44H2,1-3H3;2-6,8H,1H3;1-5H,7H2;1-6H. The summed E-state index contributed by atoms with van der Waals surface area (Å²) in [4.78, 5) is 0. The Bertz CT molecular complexity index is 3150. The van der Waals surface area contributed by atoms with E-state index in [4.69, 9.17) is 11.5 Å². The summed E-state index contributed by atoms with van der Waals surface area (Å²) < 4.78 is 0. The molecule has 0 radical (unpaired) electrons. The molecule has 0 spiro atoms. The molecule has 0 saturated heterocycles. The summed E-state index contributed by atoms with van der Waals surface area (Å²) in [5.74, 6) is 0. The lowest BCUT2D eigenvalue weighted by atomic mass is 9.79. The van der Waals surface area contributed by atoms with Crippen molar-refractivity contribution in [3.05, 3.63) is 253 Å². The van der Waals surface area contributed by atoms with Crippen LogP contribution < -0.4 is 22.1 Å². The molecular weight excluding hydrogens is 801 g/mol. The second-order valence-corrected chi connectivity index (χ2v) is 17.1. The van der Waals surface area contributed by atoms with Crippen LogP contribution in [0.15, 0.2) is 231 Å². The molecule has 0 saturated carbocycles. The number of hydrogen-bond acceptors (Lipinski definition) is 4. The van der Waals surface area contributed by atoms with Crippen molar-refractivity contribution in [2.45, 2.75) is 32.7 Å². The molecule has 326 valence electrons. The maximum Gasteiger partial charge on any atom is 0.0576 e. The number of nitrogen functional groups attached to an aromatic ring is 2. The van der Waals surface area contributed by atoms with Crippen LogP contribution >= 0.6 is 0 Å². The lowest BCUT2D eigenvalue weighted by molar-refractivity contribution is 0.661. The number of nitrogens with one attached hydrogen (secondary N) is 2. The third-order valence-corrected chi connectivity index (χ3v) is 12.2. The summed E-state index contributed by atoms with van der Waals surface area (Å²) in [5, 5.41) is 11.7. The van der Waals surface area contributed by atoms with Gasteiger partial charge in [0.1, 0.15) is 0 Å². The molecule has 0 heterocycles. The fourth-order valence-corrected chi connectivity index (χ4v) is 8.93. The smallest absolute Gasteiger partial charge is 0.0576 e. The molecule has 0 aromatic heterocycles. The van der Waals surface area contributed by atoms with E-state index in [1.165, 1.54) is 77.2 Å². The van der Waals surface area contributed by atoms with Gasteiger partial charge in [-0.1, -0.05) is 195 Å². The molecule has 0 fully saturated rings. The summed E-state index contributed by atoms with van der Waals surface area (Å²) in [5.41, 5.74) is 28.2. The van der Waals surface area contributed by atoms with Gasteiger partial charge in [0, 0.05) is 30.4 Å². The van der Waals surface area contributed by atoms with Crippen LogP contribution in [0.3, 0.4) is 0 Å². The van der Waals surface area contributed by atoms with Gasteiger partial charge >= 0.3 is 0 Å². The fourth-order valence-electron chi connectivity index (χ4n) is 8.93. The van der Waals surface area contributed by atoms with Crippen LogP contribution in [0.1, 0.15) is 36.1 Å². The lowest BCUT2D eigenvalue weighted by Gasteiger charge is -2.24. The molecular formula is C62H58N4. The lowest BCUT2D eigenvalue weighted by Crippen LogP contribution is -2.14. The summed E-state index contributed by atoms with van der Waals surface area (Å²) >= 11 is 0. The average Bonchev–Trinajstić information content (AvgIpc) is 3.58. The average molecular weight is 859 g/mol. The van der Waals surface area contributed by atoms with E-state index in [0.717, 1.165) is 22.7 Å². The zero-order valence-electron chi connectivity index (χ0n) is 38.3. The molecule has 1 aliphatic carbocycles. The normalized spacial score (nSPS) is 11.6. The van der Waals surface area contributed by atoms with Crippen LogP contribution in [0.25, 0.3) is 54.9 Å². The van der Waals surface area contributed by atoms with Crippen molar-refractivity contribution < 1.29 is 0 Å². The molecule has 0 bridgehead atoms. The molecule has 10 aromatic carbocycles. The van der Waals surface area contributed by atoms with Gasteiger partial charge in [-0.15, -0.1) is 0 Å².